The number of carbonyl (C=O) groups is 2. The summed E-state index contributed by atoms with van der Waals surface area (Å²) in [5.74, 6) is -0.959. The molecule has 0 radical (unpaired) electrons. The number of fused-ring (bicyclic) bond motifs is 7. The minimum Gasteiger partial charge on any atom is -0.481 e. The van der Waals surface area contributed by atoms with Crippen LogP contribution in [0.5, 0.6) is 0 Å². The number of aliphatic hydroxyl groups is 1. The monoisotopic (exact) mass is 486 g/mol. The molecule has 0 aromatic rings. The van der Waals surface area contributed by atoms with Gasteiger partial charge in [-0.2, -0.15) is 0 Å². The van der Waals surface area contributed by atoms with Crippen molar-refractivity contribution in [3.05, 3.63) is 12.2 Å². The SMILES string of the molecule is C=C(C)C1CCC2(C(=O)O)CCC3(C(=O)O)C(CCC4C5(C)CCC(O)C(C)(C)C5CCC43C)C12. The Morgan fingerprint density at radius 3 is 2.09 bits per heavy atom. The Morgan fingerprint density at radius 1 is 0.800 bits per heavy atom. The van der Waals surface area contributed by atoms with Gasteiger partial charge in [0, 0.05) is 0 Å². The predicted octanol–water partition coefficient (Wildman–Crippen LogP) is 6.15. The van der Waals surface area contributed by atoms with Crippen molar-refractivity contribution >= 4 is 11.9 Å². The second-order valence-corrected chi connectivity index (χ2v) is 14.4. The van der Waals surface area contributed by atoms with Crippen LogP contribution in [0.25, 0.3) is 0 Å². The summed E-state index contributed by atoms with van der Waals surface area (Å²) in [4.78, 5) is 26.3. The highest BCUT2D eigenvalue weighted by molar-refractivity contribution is 5.80. The summed E-state index contributed by atoms with van der Waals surface area (Å²) in [6.45, 7) is 15.3. The van der Waals surface area contributed by atoms with Crippen molar-refractivity contribution in [2.45, 2.75) is 105 Å². The molecule has 5 aliphatic carbocycles. The molecule has 5 aliphatic rings. The highest BCUT2D eigenvalue weighted by atomic mass is 16.4. The van der Waals surface area contributed by atoms with E-state index >= 15 is 0 Å². The Labute approximate surface area is 210 Å². The van der Waals surface area contributed by atoms with Crippen LogP contribution in [0.3, 0.4) is 0 Å². The van der Waals surface area contributed by atoms with E-state index in [4.69, 9.17) is 0 Å². The maximum Gasteiger partial charge on any atom is 0.310 e. The van der Waals surface area contributed by atoms with Crippen molar-refractivity contribution in [3.8, 4) is 0 Å². The molecule has 5 rings (SSSR count). The number of hydrogen-bond acceptors (Lipinski definition) is 3. The number of allylic oxidation sites excluding steroid dienone is 1. The lowest BCUT2D eigenvalue weighted by Crippen LogP contribution is -2.69. The first-order valence-electron chi connectivity index (χ1n) is 14.0. The van der Waals surface area contributed by atoms with Crippen LogP contribution < -0.4 is 0 Å². The van der Waals surface area contributed by atoms with E-state index in [1.807, 2.05) is 6.92 Å². The first kappa shape index (κ1) is 25.3. The zero-order chi connectivity index (χ0) is 25.8. The van der Waals surface area contributed by atoms with Crippen LogP contribution in [0.4, 0.5) is 0 Å². The van der Waals surface area contributed by atoms with Crippen LogP contribution in [0.1, 0.15) is 98.8 Å². The van der Waals surface area contributed by atoms with Gasteiger partial charge in [-0.05, 0) is 117 Å². The molecule has 0 aliphatic heterocycles. The molecule has 196 valence electrons. The van der Waals surface area contributed by atoms with Gasteiger partial charge in [0.2, 0.25) is 0 Å². The number of carboxylic acid groups (broad SMARTS) is 2. The second-order valence-electron chi connectivity index (χ2n) is 14.4. The van der Waals surface area contributed by atoms with Gasteiger partial charge in [-0.3, -0.25) is 9.59 Å². The van der Waals surface area contributed by atoms with E-state index in [1.165, 1.54) is 0 Å². The average molecular weight is 487 g/mol. The van der Waals surface area contributed by atoms with Crippen LogP contribution in [0, 0.1) is 56.7 Å². The van der Waals surface area contributed by atoms with Crippen LogP contribution in [0.15, 0.2) is 12.2 Å². The third kappa shape index (κ3) is 2.85. The first-order valence-corrected chi connectivity index (χ1v) is 14.0. The zero-order valence-electron chi connectivity index (χ0n) is 22.4. The minimum absolute atomic E-state index is 0.00604. The summed E-state index contributed by atoms with van der Waals surface area (Å²) in [6.07, 6.45) is 7.34. The number of hydrogen-bond donors (Lipinski definition) is 3. The Bertz CT molecular complexity index is 954. The van der Waals surface area contributed by atoms with Gasteiger partial charge >= 0.3 is 11.9 Å². The van der Waals surface area contributed by atoms with Gasteiger partial charge < -0.3 is 15.3 Å². The average Bonchev–Trinajstić information content (AvgIpc) is 3.18. The topological polar surface area (TPSA) is 94.8 Å². The van der Waals surface area contributed by atoms with Crippen molar-refractivity contribution in [1.82, 2.24) is 0 Å². The number of rotatable bonds is 3. The summed E-state index contributed by atoms with van der Waals surface area (Å²) in [6, 6.07) is 0. The van der Waals surface area contributed by atoms with Crippen molar-refractivity contribution in [2.75, 3.05) is 0 Å². The van der Waals surface area contributed by atoms with E-state index < -0.39 is 22.8 Å². The van der Waals surface area contributed by atoms with Gasteiger partial charge in [-0.1, -0.05) is 39.8 Å². The molecule has 0 amide bonds. The van der Waals surface area contributed by atoms with Crippen LogP contribution in [0.2, 0.25) is 0 Å². The van der Waals surface area contributed by atoms with E-state index in [-0.39, 0.29) is 46.0 Å². The summed E-state index contributed by atoms with van der Waals surface area (Å²) in [5.41, 5.74) is -1.25. The Kier molecular flexibility index (Phi) is 5.48. The fourth-order valence-electron chi connectivity index (χ4n) is 11.6. The van der Waals surface area contributed by atoms with Gasteiger partial charge in [0.1, 0.15) is 0 Å². The molecule has 0 bridgehead atoms. The lowest BCUT2D eigenvalue weighted by atomic mass is 9.32. The maximum absolute atomic E-state index is 13.5. The number of carboxylic acids is 2. The van der Waals surface area contributed by atoms with E-state index in [1.54, 1.807) is 0 Å². The molecule has 5 saturated carbocycles. The third-order valence-corrected chi connectivity index (χ3v) is 13.3. The number of aliphatic hydroxyl groups excluding tert-OH is 1. The van der Waals surface area contributed by atoms with Crippen molar-refractivity contribution in [2.24, 2.45) is 56.7 Å². The van der Waals surface area contributed by atoms with Gasteiger partial charge in [-0.25, -0.2) is 0 Å². The Balaban J connectivity index is 1.64. The molecule has 0 heterocycles. The molecule has 5 nitrogen and oxygen atoms in total. The van der Waals surface area contributed by atoms with E-state index in [9.17, 15) is 24.9 Å². The molecular weight excluding hydrogens is 440 g/mol. The highest BCUT2D eigenvalue weighted by Crippen LogP contribution is 2.77. The molecule has 10 unspecified atom stereocenters. The van der Waals surface area contributed by atoms with Gasteiger partial charge in [0.25, 0.3) is 0 Å². The molecule has 5 fully saturated rings. The molecule has 35 heavy (non-hydrogen) atoms. The smallest absolute Gasteiger partial charge is 0.310 e. The molecule has 0 spiro atoms. The zero-order valence-corrected chi connectivity index (χ0v) is 22.4. The second kappa shape index (κ2) is 7.58. The lowest BCUT2D eigenvalue weighted by Gasteiger charge is -2.71. The summed E-state index contributed by atoms with van der Waals surface area (Å²) in [5, 5.41) is 32.5. The predicted molar refractivity (Wildman–Crippen MR) is 135 cm³/mol. The molecule has 0 aromatic heterocycles. The van der Waals surface area contributed by atoms with Crippen molar-refractivity contribution in [3.63, 3.8) is 0 Å². The van der Waals surface area contributed by atoms with Gasteiger partial charge in [0.15, 0.2) is 0 Å². The molecule has 10 atom stereocenters. The van der Waals surface area contributed by atoms with Crippen LogP contribution >= 0.6 is 0 Å². The van der Waals surface area contributed by atoms with Gasteiger partial charge in [-0.15, -0.1) is 0 Å². The van der Waals surface area contributed by atoms with Gasteiger partial charge in [0.05, 0.1) is 16.9 Å². The van der Waals surface area contributed by atoms with Crippen molar-refractivity contribution < 1.29 is 24.9 Å². The fraction of sp³-hybridized carbons (Fsp3) is 0.867. The summed E-state index contributed by atoms with van der Waals surface area (Å²) >= 11 is 0. The largest absolute Gasteiger partial charge is 0.481 e. The fourth-order valence-corrected chi connectivity index (χ4v) is 11.6. The van der Waals surface area contributed by atoms with Crippen LogP contribution in [-0.4, -0.2) is 33.4 Å². The molecule has 5 heteroatoms. The first-order chi connectivity index (χ1) is 16.2. The maximum atomic E-state index is 13.5. The third-order valence-electron chi connectivity index (χ3n) is 13.3. The van der Waals surface area contributed by atoms with E-state index in [0.717, 1.165) is 50.5 Å². The molecule has 3 N–H and O–H groups in total. The minimum atomic E-state index is -0.897. The van der Waals surface area contributed by atoms with E-state index in [0.29, 0.717) is 25.2 Å². The molecule has 0 saturated heterocycles. The van der Waals surface area contributed by atoms with Crippen molar-refractivity contribution in [1.29, 1.82) is 0 Å². The normalized spacial score (nSPS) is 52.4. The standard InChI is InChI=1S/C30H46O5/c1-17(2)18-9-14-29(24(32)33)15-16-30(25(34)35)19(23(18)29)7-8-21-27(5)12-11-22(31)26(3,4)20(27)10-13-28(21,30)6/h18-23,31H,1,7-16H2,2-6H3,(H,32,33)(H,34,35). The Hall–Kier alpha value is -1.36. The molecule has 0 aromatic carbocycles. The van der Waals surface area contributed by atoms with Crippen LogP contribution in [-0.2, 0) is 9.59 Å². The highest BCUT2D eigenvalue weighted by Gasteiger charge is 2.75. The summed E-state index contributed by atoms with van der Waals surface area (Å²) < 4.78 is 0. The quantitative estimate of drug-likeness (QED) is 0.416. The van der Waals surface area contributed by atoms with E-state index in [2.05, 4.69) is 34.3 Å². The summed E-state index contributed by atoms with van der Waals surface area (Å²) in [7, 11) is 0. The Morgan fingerprint density at radius 2 is 1.49 bits per heavy atom. The lowest BCUT2D eigenvalue weighted by molar-refractivity contribution is -0.254. The molecular formula is C30H46O5. The number of aliphatic carboxylic acids is 2.